The van der Waals surface area contributed by atoms with E-state index in [0.29, 0.717) is 12.2 Å². The van der Waals surface area contributed by atoms with Crippen LogP contribution in [0.15, 0.2) is 34.5 Å². The monoisotopic (exact) mass is 329 g/mol. The van der Waals surface area contributed by atoms with Crippen LogP contribution in [0.25, 0.3) is 10.2 Å². The van der Waals surface area contributed by atoms with E-state index >= 15 is 0 Å². The van der Waals surface area contributed by atoms with Crippen LogP contribution < -0.4 is 4.90 Å². The van der Waals surface area contributed by atoms with Crippen molar-refractivity contribution in [3.8, 4) is 0 Å². The van der Waals surface area contributed by atoms with Crippen molar-refractivity contribution in [3.05, 3.63) is 41.4 Å². The van der Waals surface area contributed by atoms with Gasteiger partial charge in [0.15, 0.2) is 0 Å². The van der Waals surface area contributed by atoms with Gasteiger partial charge in [-0.1, -0.05) is 0 Å². The molecule has 0 amide bonds. The number of nitrogens with zero attached hydrogens (tertiary/aromatic N) is 3. The van der Waals surface area contributed by atoms with Crippen LogP contribution in [0.5, 0.6) is 0 Å². The first-order valence-electron chi connectivity index (χ1n) is 7.91. The summed E-state index contributed by atoms with van der Waals surface area (Å²) in [6.07, 6.45) is 5.52. The van der Waals surface area contributed by atoms with Crippen molar-refractivity contribution in [1.82, 2.24) is 9.97 Å². The quantitative estimate of drug-likeness (QED) is 0.791. The molecule has 2 atom stereocenters. The number of fused-ring (bicyclic) bond motifs is 1. The predicted octanol–water partition coefficient (Wildman–Crippen LogP) is 3.69. The smallest absolute Gasteiger partial charge is 0.150 e. The highest BCUT2D eigenvalue weighted by atomic mass is 32.1. The molecule has 1 saturated heterocycles. The van der Waals surface area contributed by atoms with Gasteiger partial charge in [-0.25, -0.2) is 9.97 Å². The van der Waals surface area contributed by atoms with Gasteiger partial charge >= 0.3 is 0 Å². The third kappa shape index (κ3) is 2.62. The highest BCUT2D eigenvalue weighted by molar-refractivity contribution is 7.18. The molecule has 3 aromatic heterocycles. The number of aliphatic hydroxyl groups is 1. The summed E-state index contributed by atoms with van der Waals surface area (Å²) in [5, 5.41) is 12.5. The van der Waals surface area contributed by atoms with E-state index in [9.17, 15) is 5.11 Å². The van der Waals surface area contributed by atoms with Crippen LogP contribution in [0.4, 0.5) is 5.82 Å². The summed E-state index contributed by atoms with van der Waals surface area (Å²) in [5.41, 5.74) is 2.23. The molecular weight excluding hydrogens is 310 g/mol. The molecule has 0 saturated carbocycles. The maximum absolute atomic E-state index is 10.4. The molecular formula is C17H19N3O2S. The zero-order chi connectivity index (χ0) is 15.8. The molecule has 0 aromatic carbocycles. The molecule has 23 heavy (non-hydrogen) atoms. The normalized spacial score (nSPS) is 19.6. The SMILES string of the molecule is Cc1csc2c(N3CCC[C@@H]3C[C@H](O)c3ccco3)ncnc12. The number of aliphatic hydroxyl groups excluding tert-OH is 1. The summed E-state index contributed by atoms with van der Waals surface area (Å²) < 4.78 is 6.47. The molecule has 5 nitrogen and oxygen atoms in total. The minimum Gasteiger partial charge on any atom is -0.467 e. The third-order valence-electron chi connectivity index (χ3n) is 4.53. The molecule has 0 bridgehead atoms. The molecule has 1 aliphatic rings. The van der Waals surface area contributed by atoms with Crippen molar-refractivity contribution in [2.45, 2.75) is 38.3 Å². The molecule has 0 aliphatic carbocycles. The van der Waals surface area contributed by atoms with E-state index in [1.165, 1.54) is 5.56 Å². The Bertz CT molecular complexity index is 799. The van der Waals surface area contributed by atoms with Crippen LogP contribution in [0.2, 0.25) is 0 Å². The van der Waals surface area contributed by atoms with E-state index in [-0.39, 0.29) is 6.04 Å². The van der Waals surface area contributed by atoms with Crippen molar-refractivity contribution in [2.24, 2.45) is 0 Å². The number of thiophene rings is 1. The highest BCUT2D eigenvalue weighted by Crippen LogP contribution is 2.36. The Morgan fingerprint density at radius 3 is 3.22 bits per heavy atom. The van der Waals surface area contributed by atoms with Gasteiger partial charge in [-0.05, 0) is 42.8 Å². The van der Waals surface area contributed by atoms with E-state index in [1.807, 2.05) is 12.1 Å². The second-order valence-electron chi connectivity index (χ2n) is 6.05. The predicted molar refractivity (Wildman–Crippen MR) is 90.8 cm³/mol. The molecule has 4 rings (SSSR count). The lowest BCUT2D eigenvalue weighted by molar-refractivity contribution is 0.132. The molecule has 1 fully saturated rings. The first-order chi connectivity index (χ1) is 11.2. The summed E-state index contributed by atoms with van der Waals surface area (Å²) in [6, 6.07) is 3.92. The Balaban J connectivity index is 1.62. The number of furan rings is 1. The zero-order valence-corrected chi connectivity index (χ0v) is 13.8. The molecule has 120 valence electrons. The Kier molecular flexibility index (Phi) is 3.79. The Morgan fingerprint density at radius 2 is 2.39 bits per heavy atom. The fourth-order valence-electron chi connectivity index (χ4n) is 3.38. The van der Waals surface area contributed by atoms with Gasteiger partial charge < -0.3 is 14.4 Å². The fourth-order valence-corrected chi connectivity index (χ4v) is 4.38. The van der Waals surface area contributed by atoms with Gasteiger partial charge in [-0.2, -0.15) is 0 Å². The van der Waals surface area contributed by atoms with E-state index in [0.717, 1.165) is 35.4 Å². The van der Waals surface area contributed by atoms with E-state index in [1.54, 1.807) is 23.9 Å². The van der Waals surface area contributed by atoms with Crippen LogP contribution >= 0.6 is 11.3 Å². The summed E-state index contributed by atoms with van der Waals surface area (Å²) in [7, 11) is 0. The van der Waals surface area contributed by atoms with Crippen molar-refractivity contribution in [3.63, 3.8) is 0 Å². The van der Waals surface area contributed by atoms with Crippen LogP contribution in [0.1, 0.15) is 36.7 Å². The summed E-state index contributed by atoms with van der Waals surface area (Å²) in [5.74, 6) is 1.64. The van der Waals surface area contributed by atoms with Crippen LogP contribution in [-0.2, 0) is 0 Å². The Labute approximate surface area is 138 Å². The van der Waals surface area contributed by atoms with Crippen molar-refractivity contribution in [2.75, 3.05) is 11.4 Å². The Morgan fingerprint density at radius 1 is 1.48 bits per heavy atom. The second kappa shape index (κ2) is 5.94. The highest BCUT2D eigenvalue weighted by Gasteiger charge is 2.30. The third-order valence-corrected chi connectivity index (χ3v) is 5.61. The largest absolute Gasteiger partial charge is 0.467 e. The summed E-state index contributed by atoms with van der Waals surface area (Å²) in [6.45, 7) is 3.05. The van der Waals surface area contributed by atoms with E-state index < -0.39 is 6.10 Å². The van der Waals surface area contributed by atoms with E-state index in [4.69, 9.17) is 4.42 Å². The van der Waals surface area contributed by atoms with Crippen molar-refractivity contribution < 1.29 is 9.52 Å². The lowest BCUT2D eigenvalue weighted by Gasteiger charge is -2.27. The van der Waals surface area contributed by atoms with Crippen LogP contribution in [-0.4, -0.2) is 27.7 Å². The summed E-state index contributed by atoms with van der Waals surface area (Å²) in [4.78, 5) is 11.3. The van der Waals surface area contributed by atoms with Gasteiger partial charge in [0, 0.05) is 19.0 Å². The number of aromatic nitrogens is 2. The number of rotatable bonds is 4. The molecule has 0 unspecified atom stereocenters. The Hall–Kier alpha value is -1.92. The summed E-state index contributed by atoms with van der Waals surface area (Å²) >= 11 is 1.70. The molecule has 6 heteroatoms. The minimum absolute atomic E-state index is 0.274. The first-order valence-corrected chi connectivity index (χ1v) is 8.79. The average molecular weight is 329 g/mol. The van der Waals surface area contributed by atoms with Crippen LogP contribution in [0.3, 0.4) is 0 Å². The number of aryl methyl sites for hydroxylation is 1. The lowest BCUT2D eigenvalue weighted by Crippen LogP contribution is -2.31. The molecule has 3 aromatic rings. The fraction of sp³-hybridized carbons (Fsp3) is 0.412. The van der Waals surface area contributed by atoms with Crippen molar-refractivity contribution >= 4 is 27.4 Å². The average Bonchev–Trinajstić information content (AvgIpc) is 3.28. The van der Waals surface area contributed by atoms with Gasteiger partial charge in [-0.3, -0.25) is 0 Å². The first kappa shape index (κ1) is 14.7. The maximum Gasteiger partial charge on any atom is 0.150 e. The van der Waals surface area contributed by atoms with Gasteiger partial charge in [-0.15, -0.1) is 11.3 Å². The van der Waals surface area contributed by atoms with Gasteiger partial charge in [0.05, 0.1) is 16.5 Å². The number of anilines is 1. The molecule has 0 spiro atoms. The molecule has 0 radical (unpaired) electrons. The number of hydrogen-bond donors (Lipinski definition) is 1. The topological polar surface area (TPSA) is 62.4 Å². The van der Waals surface area contributed by atoms with Gasteiger partial charge in [0.2, 0.25) is 0 Å². The molecule has 4 heterocycles. The van der Waals surface area contributed by atoms with E-state index in [2.05, 4.69) is 27.2 Å². The minimum atomic E-state index is -0.571. The molecule has 1 aliphatic heterocycles. The van der Waals surface area contributed by atoms with Crippen LogP contribution in [0, 0.1) is 6.92 Å². The number of hydrogen-bond acceptors (Lipinski definition) is 6. The standard InChI is InChI=1S/C17H19N3O2S/c1-11-9-23-16-15(11)18-10-19-17(16)20-6-2-4-12(20)8-13(21)14-5-3-7-22-14/h3,5,7,9-10,12-13,21H,2,4,6,8H2,1H3/t12-,13+/m1/s1. The second-order valence-corrected chi connectivity index (χ2v) is 6.93. The van der Waals surface area contributed by atoms with Crippen molar-refractivity contribution in [1.29, 1.82) is 0 Å². The van der Waals surface area contributed by atoms with Gasteiger partial charge in [0.1, 0.15) is 24.0 Å². The zero-order valence-electron chi connectivity index (χ0n) is 13.0. The van der Waals surface area contributed by atoms with Gasteiger partial charge in [0.25, 0.3) is 0 Å². The lowest BCUT2D eigenvalue weighted by atomic mass is 10.1. The maximum atomic E-state index is 10.4. The molecule has 1 N–H and O–H groups in total.